The van der Waals surface area contributed by atoms with E-state index in [0.29, 0.717) is 29.4 Å². The summed E-state index contributed by atoms with van der Waals surface area (Å²) in [7, 11) is 0. The zero-order valence-corrected chi connectivity index (χ0v) is 16.8. The second-order valence-corrected chi connectivity index (χ2v) is 8.08. The molecule has 1 aromatic heterocycles. The molecule has 3 N–H and O–H groups in total. The van der Waals surface area contributed by atoms with Crippen LogP contribution < -0.4 is 10.6 Å². The number of benzene rings is 1. The molecule has 2 aromatic rings. The SMILES string of the molecule is CCCNC(=O)n1nc(-c2cc(NC(=O)C3CC3)ccc2O)cc1C1CCCC1. The van der Waals surface area contributed by atoms with Gasteiger partial charge in [0, 0.05) is 29.6 Å². The van der Waals surface area contributed by atoms with Crippen LogP contribution in [0.4, 0.5) is 10.5 Å². The third-order valence-electron chi connectivity index (χ3n) is 5.72. The van der Waals surface area contributed by atoms with Crippen LogP contribution in [0.3, 0.4) is 0 Å². The molecular formula is C22H28N4O3. The van der Waals surface area contributed by atoms with Gasteiger partial charge in [-0.15, -0.1) is 0 Å². The molecule has 2 aliphatic carbocycles. The largest absolute Gasteiger partial charge is 0.507 e. The van der Waals surface area contributed by atoms with E-state index in [9.17, 15) is 14.7 Å². The highest BCUT2D eigenvalue weighted by molar-refractivity contribution is 5.95. The lowest BCUT2D eigenvalue weighted by molar-refractivity contribution is -0.117. The topological polar surface area (TPSA) is 96.3 Å². The van der Waals surface area contributed by atoms with Crippen LogP contribution in [0.25, 0.3) is 11.3 Å². The molecule has 0 spiro atoms. The van der Waals surface area contributed by atoms with Crippen LogP contribution in [-0.2, 0) is 4.79 Å². The Morgan fingerprint density at radius 2 is 1.93 bits per heavy atom. The average Bonchev–Trinajstić information content (AvgIpc) is 3.25. The Morgan fingerprint density at radius 1 is 1.17 bits per heavy atom. The molecule has 2 amide bonds. The number of phenolic OH excluding ortho intramolecular Hbond substituents is 1. The van der Waals surface area contributed by atoms with Crippen molar-refractivity contribution < 1.29 is 14.7 Å². The van der Waals surface area contributed by atoms with Crippen LogP contribution in [-0.4, -0.2) is 33.4 Å². The normalized spacial score (nSPS) is 16.7. The van der Waals surface area contributed by atoms with Gasteiger partial charge in [0.1, 0.15) is 5.75 Å². The highest BCUT2D eigenvalue weighted by atomic mass is 16.3. The van der Waals surface area contributed by atoms with Gasteiger partial charge in [0.2, 0.25) is 5.91 Å². The average molecular weight is 396 g/mol. The van der Waals surface area contributed by atoms with Crippen LogP contribution in [0.2, 0.25) is 0 Å². The van der Waals surface area contributed by atoms with Gasteiger partial charge in [-0.2, -0.15) is 9.78 Å². The fraction of sp³-hybridized carbons (Fsp3) is 0.500. The molecule has 7 nitrogen and oxygen atoms in total. The Bertz CT molecular complexity index is 911. The molecule has 0 radical (unpaired) electrons. The lowest BCUT2D eigenvalue weighted by Crippen LogP contribution is -2.31. The van der Waals surface area contributed by atoms with Crippen LogP contribution in [0.5, 0.6) is 5.75 Å². The van der Waals surface area contributed by atoms with E-state index in [1.807, 2.05) is 13.0 Å². The zero-order chi connectivity index (χ0) is 20.4. The zero-order valence-electron chi connectivity index (χ0n) is 16.8. The fourth-order valence-corrected chi connectivity index (χ4v) is 3.92. The van der Waals surface area contributed by atoms with Crippen molar-refractivity contribution in [3.8, 4) is 17.0 Å². The van der Waals surface area contributed by atoms with Crippen molar-refractivity contribution in [3.05, 3.63) is 30.0 Å². The van der Waals surface area contributed by atoms with Crippen molar-refractivity contribution in [2.75, 3.05) is 11.9 Å². The third kappa shape index (κ3) is 4.28. The van der Waals surface area contributed by atoms with E-state index in [4.69, 9.17) is 0 Å². The highest BCUT2D eigenvalue weighted by Gasteiger charge is 2.30. The minimum atomic E-state index is -0.238. The van der Waals surface area contributed by atoms with Gasteiger partial charge >= 0.3 is 6.03 Å². The van der Waals surface area contributed by atoms with Crippen LogP contribution in [0, 0.1) is 5.92 Å². The van der Waals surface area contributed by atoms with Gasteiger partial charge in [0.15, 0.2) is 0 Å². The maximum atomic E-state index is 12.7. The molecule has 0 atom stereocenters. The Labute approximate surface area is 170 Å². The smallest absolute Gasteiger partial charge is 0.342 e. The highest BCUT2D eigenvalue weighted by Crippen LogP contribution is 2.38. The molecule has 29 heavy (non-hydrogen) atoms. The summed E-state index contributed by atoms with van der Waals surface area (Å²) in [6.45, 7) is 2.60. The molecule has 0 saturated heterocycles. The predicted molar refractivity (Wildman–Crippen MR) is 111 cm³/mol. The fourth-order valence-electron chi connectivity index (χ4n) is 3.92. The number of carbonyl (C=O) groups excluding carboxylic acids is 2. The van der Waals surface area contributed by atoms with E-state index in [1.54, 1.807) is 18.2 Å². The second kappa shape index (κ2) is 8.27. The lowest BCUT2D eigenvalue weighted by Gasteiger charge is -2.11. The number of nitrogens with one attached hydrogen (secondary N) is 2. The minimum absolute atomic E-state index is 0.0118. The van der Waals surface area contributed by atoms with Crippen LogP contribution in [0.1, 0.15) is 63.5 Å². The molecule has 4 rings (SSSR count). The van der Waals surface area contributed by atoms with Crippen molar-refractivity contribution in [1.82, 2.24) is 15.1 Å². The second-order valence-electron chi connectivity index (χ2n) is 8.08. The molecule has 0 unspecified atom stereocenters. The number of amides is 2. The van der Waals surface area contributed by atoms with Gasteiger partial charge in [-0.25, -0.2) is 4.79 Å². The molecule has 2 fully saturated rings. The van der Waals surface area contributed by atoms with Crippen LogP contribution >= 0.6 is 0 Å². The molecule has 1 heterocycles. The Morgan fingerprint density at radius 3 is 2.62 bits per heavy atom. The molecule has 1 aromatic carbocycles. The third-order valence-corrected chi connectivity index (χ3v) is 5.72. The van der Waals surface area contributed by atoms with E-state index < -0.39 is 0 Å². The molecule has 7 heteroatoms. The van der Waals surface area contributed by atoms with Gasteiger partial charge in [-0.05, 0) is 56.4 Å². The monoisotopic (exact) mass is 396 g/mol. The van der Waals surface area contributed by atoms with E-state index in [0.717, 1.165) is 50.6 Å². The summed E-state index contributed by atoms with van der Waals surface area (Å²) in [6.07, 6.45) is 7.08. The lowest BCUT2D eigenvalue weighted by atomic mass is 10.0. The van der Waals surface area contributed by atoms with E-state index in [-0.39, 0.29) is 23.6 Å². The number of hydrogen-bond donors (Lipinski definition) is 3. The van der Waals surface area contributed by atoms with Crippen molar-refractivity contribution in [3.63, 3.8) is 0 Å². The van der Waals surface area contributed by atoms with E-state index in [1.165, 1.54) is 4.68 Å². The van der Waals surface area contributed by atoms with Crippen molar-refractivity contribution in [2.24, 2.45) is 5.92 Å². The Hall–Kier alpha value is -2.83. The summed E-state index contributed by atoms with van der Waals surface area (Å²) in [5.41, 5.74) is 2.57. The maximum Gasteiger partial charge on any atom is 0.342 e. The summed E-state index contributed by atoms with van der Waals surface area (Å²) in [6, 6.07) is 6.64. The van der Waals surface area contributed by atoms with E-state index in [2.05, 4.69) is 15.7 Å². The summed E-state index contributed by atoms with van der Waals surface area (Å²) >= 11 is 0. The summed E-state index contributed by atoms with van der Waals surface area (Å²) < 4.78 is 1.45. The first kappa shape index (κ1) is 19.5. The quantitative estimate of drug-likeness (QED) is 0.637. The number of rotatable bonds is 6. The van der Waals surface area contributed by atoms with Crippen molar-refractivity contribution >= 4 is 17.6 Å². The van der Waals surface area contributed by atoms with Crippen LogP contribution in [0.15, 0.2) is 24.3 Å². The molecular weight excluding hydrogens is 368 g/mol. The van der Waals surface area contributed by atoms with E-state index >= 15 is 0 Å². The summed E-state index contributed by atoms with van der Waals surface area (Å²) in [4.78, 5) is 24.8. The first-order chi connectivity index (χ1) is 14.1. The Balaban J connectivity index is 1.66. The summed E-state index contributed by atoms with van der Waals surface area (Å²) in [5.74, 6) is 0.481. The van der Waals surface area contributed by atoms with Gasteiger partial charge in [-0.1, -0.05) is 19.8 Å². The first-order valence-corrected chi connectivity index (χ1v) is 10.6. The summed E-state index contributed by atoms with van der Waals surface area (Å²) in [5, 5.41) is 20.8. The van der Waals surface area contributed by atoms with Crippen molar-refractivity contribution in [1.29, 1.82) is 0 Å². The van der Waals surface area contributed by atoms with Gasteiger partial charge in [0.25, 0.3) is 0 Å². The maximum absolute atomic E-state index is 12.7. The molecule has 0 aliphatic heterocycles. The number of carbonyl (C=O) groups is 2. The van der Waals surface area contributed by atoms with Crippen molar-refractivity contribution in [2.45, 2.75) is 57.8 Å². The van der Waals surface area contributed by atoms with Gasteiger partial charge in [-0.3, -0.25) is 4.79 Å². The number of anilines is 1. The number of aromatic hydroxyl groups is 1. The first-order valence-electron chi connectivity index (χ1n) is 10.6. The van der Waals surface area contributed by atoms with Gasteiger partial charge in [0.05, 0.1) is 11.4 Å². The molecule has 2 saturated carbocycles. The van der Waals surface area contributed by atoms with Gasteiger partial charge < -0.3 is 15.7 Å². The number of phenols is 1. The standard InChI is InChI=1S/C22H28N4O3/c1-2-11-23-22(29)26-19(14-5-3-4-6-14)13-18(25-26)17-12-16(9-10-20(17)27)24-21(28)15-7-8-15/h9-10,12-15,27H,2-8,11H2,1H3,(H,23,29)(H,24,28). The molecule has 2 aliphatic rings. The molecule has 0 bridgehead atoms. The Kier molecular flexibility index (Phi) is 5.56. The minimum Gasteiger partial charge on any atom is -0.507 e. The number of hydrogen-bond acceptors (Lipinski definition) is 4. The molecule has 154 valence electrons. The predicted octanol–water partition coefficient (Wildman–Crippen LogP) is 4.23. The number of aromatic nitrogens is 2. The number of nitrogens with zero attached hydrogens (tertiary/aromatic N) is 2.